The number of ether oxygens (including phenoxy) is 1. The highest BCUT2D eigenvalue weighted by atomic mass is 19.1. The van der Waals surface area contributed by atoms with Crippen LogP contribution >= 0.6 is 0 Å². The highest BCUT2D eigenvalue weighted by Crippen LogP contribution is 2.18. The number of nitrogens with two attached hydrogens (primary N) is 1. The van der Waals surface area contributed by atoms with Crippen LogP contribution in [0.4, 0.5) is 4.39 Å². The van der Waals surface area contributed by atoms with Crippen LogP contribution in [0.2, 0.25) is 0 Å². The van der Waals surface area contributed by atoms with Gasteiger partial charge in [0.15, 0.2) is 0 Å². The third kappa shape index (κ3) is 4.00. The largest absolute Gasteiger partial charge is 0.378 e. The molecule has 0 unspecified atom stereocenters. The van der Waals surface area contributed by atoms with Crippen molar-refractivity contribution >= 4 is 0 Å². The molecule has 0 amide bonds. The Hall–Kier alpha value is -0.970. The molecule has 1 aliphatic heterocycles. The number of piperidine rings is 1. The third-order valence-electron chi connectivity index (χ3n) is 3.72. The summed E-state index contributed by atoms with van der Waals surface area (Å²) in [5.41, 5.74) is 7.75. The van der Waals surface area contributed by atoms with Gasteiger partial charge in [0, 0.05) is 32.8 Å². The van der Waals surface area contributed by atoms with Crippen LogP contribution in [0.1, 0.15) is 30.9 Å². The van der Waals surface area contributed by atoms with Crippen LogP contribution < -0.4 is 5.73 Å². The molecular formula is C15H23FN2O. The molecule has 1 saturated heterocycles. The van der Waals surface area contributed by atoms with Crippen molar-refractivity contribution < 1.29 is 9.13 Å². The Bertz CT molecular complexity index is 403. The quantitative estimate of drug-likeness (QED) is 0.888. The van der Waals surface area contributed by atoms with E-state index in [4.69, 9.17) is 10.5 Å². The smallest absolute Gasteiger partial charge is 0.123 e. The van der Waals surface area contributed by atoms with Gasteiger partial charge in [-0.05, 0) is 43.0 Å². The van der Waals surface area contributed by atoms with Gasteiger partial charge in [-0.25, -0.2) is 4.39 Å². The lowest BCUT2D eigenvalue weighted by Gasteiger charge is -2.32. The topological polar surface area (TPSA) is 38.5 Å². The SMILES string of the molecule is CCOC1CCN(Cc2cc(F)ccc2CN)CC1. The predicted molar refractivity (Wildman–Crippen MR) is 74.2 cm³/mol. The van der Waals surface area contributed by atoms with E-state index in [-0.39, 0.29) is 5.82 Å². The molecule has 1 heterocycles. The summed E-state index contributed by atoms with van der Waals surface area (Å²) in [6.07, 6.45) is 2.50. The molecule has 2 N–H and O–H groups in total. The summed E-state index contributed by atoms with van der Waals surface area (Å²) < 4.78 is 19.0. The van der Waals surface area contributed by atoms with Crippen molar-refractivity contribution in [2.24, 2.45) is 5.73 Å². The van der Waals surface area contributed by atoms with Crippen molar-refractivity contribution in [3.8, 4) is 0 Å². The number of likely N-dealkylation sites (tertiary alicyclic amines) is 1. The number of hydrogen-bond donors (Lipinski definition) is 1. The van der Waals surface area contributed by atoms with Crippen molar-refractivity contribution in [1.29, 1.82) is 0 Å². The van der Waals surface area contributed by atoms with Gasteiger partial charge in [0.25, 0.3) is 0 Å². The molecule has 4 heteroatoms. The zero-order valence-corrected chi connectivity index (χ0v) is 11.6. The molecule has 0 atom stereocenters. The van der Waals surface area contributed by atoms with E-state index in [2.05, 4.69) is 4.90 Å². The summed E-state index contributed by atoms with van der Waals surface area (Å²) in [5.74, 6) is -0.184. The molecule has 19 heavy (non-hydrogen) atoms. The summed E-state index contributed by atoms with van der Waals surface area (Å²) >= 11 is 0. The second-order valence-electron chi connectivity index (χ2n) is 5.05. The van der Waals surface area contributed by atoms with Crippen LogP contribution in [0.3, 0.4) is 0 Å². The average molecular weight is 266 g/mol. The summed E-state index contributed by atoms with van der Waals surface area (Å²) in [6.45, 7) is 6.07. The highest BCUT2D eigenvalue weighted by Gasteiger charge is 2.19. The van der Waals surface area contributed by atoms with Gasteiger partial charge in [-0.1, -0.05) is 6.07 Å². The van der Waals surface area contributed by atoms with Crippen molar-refractivity contribution in [1.82, 2.24) is 4.90 Å². The maximum Gasteiger partial charge on any atom is 0.123 e. The van der Waals surface area contributed by atoms with Gasteiger partial charge < -0.3 is 10.5 Å². The summed E-state index contributed by atoms with van der Waals surface area (Å²) in [7, 11) is 0. The first-order chi connectivity index (χ1) is 9.22. The first-order valence-corrected chi connectivity index (χ1v) is 7.04. The van der Waals surface area contributed by atoms with E-state index in [1.807, 2.05) is 6.92 Å². The lowest BCUT2D eigenvalue weighted by atomic mass is 10.0. The van der Waals surface area contributed by atoms with E-state index in [9.17, 15) is 4.39 Å². The summed E-state index contributed by atoms with van der Waals surface area (Å²) in [6, 6.07) is 4.88. The summed E-state index contributed by atoms with van der Waals surface area (Å²) in [4.78, 5) is 2.35. The minimum atomic E-state index is -0.184. The molecule has 1 fully saturated rings. The molecule has 0 radical (unpaired) electrons. The lowest BCUT2D eigenvalue weighted by molar-refractivity contribution is 0.0124. The Kier molecular flexibility index (Phi) is 5.31. The predicted octanol–water partition coefficient (Wildman–Crippen LogP) is 2.29. The number of benzene rings is 1. The molecule has 3 nitrogen and oxygen atoms in total. The second-order valence-corrected chi connectivity index (χ2v) is 5.05. The number of rotatable bonds is 5. The van der Waals surface area contributed by atoms with Gasteiger partial charge in [-0.2, -0.15) is 0 Å². The van der Waals surface area contributed by atoms with E-state index in [1.54, 1.807) is 12.1 Å². The normalized spacial score (nSPS) is 17.8. The van der Waals surface area contributed by atoms with E-state index in [0.29, 0.717) is 12.6 Å². The Labute approximate surface area is 114 Å². The first-order valence-electron chi connectivity index (χ1n) is 7.04. The zero-order chi connectivity index (χ0) is 13.7. The van der Waals surface area contributed by atoms with Crippen molar-refractivity contribution in [2.75, 3.05) is 19.7 Å². The molecule has 2 rings (SSSR count). The highest BCUT2D eigenvalue weighted by molar-refractivity contribution is 5.27. The average Bonchev–Trinajstić information content (AvgIpc) is 2.42. The molecule has 0 spiro atoms. The van der Waals surface area contributed by atoms with Gasteiger partial charge in [0.05, 0.1) is 6.10 Å². The molecule has 1 aromatic carbocycles. The number of halogens is 1. The van der Waals surface area contributed by atoms with E-state index in [0.717, 1.165) is 50.2 Å². The van der Waals surface area contributed by atoms with Crippen LogP contribution in [-0.4, -0.2) is 30.7 Å². The van der Waals surface area contributed by atoms with Crippen LogP contribution in [-0.2, 0) is 17.8 Å². The Balaban J connectivity index is 1.93. The van der Waals surface area contributed by atoms with Gasteiger partial charge in [-0.3, -0.25) is 4.90 Å². The fourth-order valence-electron chi connectivity index (χ4n) is 2.65. The van der Waals surface area contributed by atoms with Gasteiger partial charge in [-0.15, -0.1) is 0 Å². The minimum absolute atomic E-state index is 0.184. The van der Waals surface area contributed by atoms with E-state index < -0.39 is 0 Å². The maximum absolute atomic E-state index is 13.3. The Morgan fingerprint density at radius 1 is 1.32 bits per heavy atom. The van der Waals surface area contributed by atoms with E-state index in [1.165, 1.54) is 6.07 Å². The molecular weight excluding hydrogens is 243 g/mol. The second kappa shape index (κ2) is 6.98. The van der Waals surface area contributed by atoms with Crippen molar-refractivity contribution in [2.45, 2.75) is 39.0 Å². The first kappa shape index (κ1) is 14.4. The molecule has 1 aliphatic rings. The maximum atomic E-state index is 13.3. The fourth-order valence-corrected chi connectivity index (χ4v) is 2.65. The molecule has 0 aromatic heterocycles. The summed E-state index contributed by atoms with van der Waals surface area (Å²) in [5, 5.41) is 0. The van der Waals surface area contributed by atoms with E-state index >= 15 is 0 Å². The molecule has 0 bridgehead atoms. The van der Waals surface area contributed by atoms with Gasteiger partial charge in [0.2, 0.25) is 0 Å². The lowest BCUT2D eigenvalue weighted by Crippen LogP contribution is -2.36. The molecule has 1 aromatic rings. The van der Waals surface area contributed by atoms with Crippen LogP contribution in [0.25, 0.3) is 0 Å². The Morgan fingerprint density at radius 3 is 2.68 bits per heavy atom. The molecule has 106 valence electrons. The Morgan fingerprint density at radius 2 is 2.05 bits per heavy atom. The van der Waals surface area contributed by atoms with Crippen LogP contribution in [0, 0.1) is 5.82 Å². The monoisotopic (exact) mass is 266 g/mol. The standard InChI is InChI=1S/C15H23FN2O/c1-2-19-15-5-7-18(8-6-15)11-13-9-14(16)4-3-12(13)10-17/h3-4,9,15H,2,5-8,10-11,17H2,1H3. The fraction of sp³-hybridized carbons (Fsp3) is 0.600. The van der Waals surface area contributed by atoms with Crippen LogP contribution in [0.15, 0.2) is 18.2 Å². The minimum Gasteiger partial charge on any atom is -0.378 e. The van der Waals surface area contributed by atoms with Crippen molar-refractivity contribution in [3.05, 3.63) is 35.1 Å². The third-order valence-corrected chi connectivity index (χ3v) is 3.72. The number of hydrogen-bond acceptors (Lipinski definition) is 3. The van der Waals surface area contributed by atoms with Gasteiger partial charge in [0.1, 0.15) is 5.82 Å². The zero-order valence-electron chi connectivity index (χ0n) is 11.6. The molecule has 0 saturated carbocycles. The number of nitrogens with zero attached hydrogens (tertiary/aromatic N) is 1. The van der Waals surface area contributed by atoms with Crippen LogP contribution in [0.5, 0.6) is 0 Å². The molecule has 0 aliphatic carbocycles. The van der Waals surface area contributed by atoms with Gasteiger partial charge >= 0.3 is 0 Å². The van der Waals surface area contributed by atoms with Crippen molar-refractivity contribution in [3.63, 3.8) is 0 Å².